The summed E-state index contributed by atoms with van der Waals surface area (Å²) in [6.45, 7) is 12.9. The minimum Gasteiger partial charge on any atom is -0.328 e. The van der Waals surface area contributed by atoms with Gasteiger partial charge in [-0.2, -0.15) is 0 Å². The quantitative estimate of drug-likeness (QED) is 0.779. The molecule has 0 spiro atoms. The first-order chi connectivity index (χ1) is 6.91. The summed E-state index contributed by atoms with van der Waals surface area (Å²) in [6, 6.07) is 0.321. The Morgan fingerprint density at radius 3 is 2.47 bits per heavy atom. The van der Waals surface area contributed by atoms with Gasteiger partial charge in [-0.3, -0.25) is 0 Å². The number of nitrogens with two attached hydrogens (primary N) is 1. The standard InChI is InChI=1S/C13H28N2/c1-11(12(2)14)10-15-8-5-6-13(3,4)7-9-15/h11-12H,5-10,14H2,1-4H3. The Bertz CT molecular complexity index is 187. The normalized spacial score (nSPS) is 27.0. The van der Waals surface area contributed by atoms with Crippen LogP contribution in [0.2, 0.25) is 0 Å². The minimum atomic E-state index is 0.321. The van der Waals surface area contributed by atoms with Crippen LogP contribution in [0.3, 0.4) is 0 Å². The highest BCUT2D eigenvalue weighted by Gasteiger charge is 2.24. The highest BCUT2D eigenvalue weighted by Crippen LogP contribution is 2.29. The molecule has 0 amide bonds. The SMILES string of the molecule is CC(N)C(C)CN1CCCC(C)(C)CC1. The molecule has 0 radical (unpaired) electrons. The van der Waals surface area contributed by atoms with Crippen LogP contribution in [-0.4, -0.2) is 30.6 Å². The van der Waals surface area contributed by atoms with Gasteiger partial charge in [0.15, 0.2) is 0 Å². The van der Waals surface area contributed by atoms with Gasteiger partial charge in [-0.1, -0.05) is 20.8 Å². The third kappa shape index (κ3) is 4.52. The zero-order valence-electron chi connectivity index (χ0n) is 10.9. The summed E-state index contributed by atoms with van der Waals surface area (Å²) in [5.74, 6) is 0.617. The monoisotopic (exact) mass is 212 g/mol. The Morgan fingerprint density at radius 2 is 1.87 bits per heavy atom. The van der Waals surface area contributed by atoms with Gasteiger partial charge in [0.05, 0.1) is 0 Å². The molecule has 1 rings (SSSR count). The highest BCUT2D eigenvalue weighted by atomic mass is 15.1. The lowest BCUT2D eigenvalue weighted by atomic mass is 9.85. The third-order valence-electron chi connectivity index (χ3n) is 3.88. The van der Waals surface area contributed by atoms with Gasteiger partial charge in [0, 0.05) is 12.6 Å². The molecule has 2 atom stereocenters. The summed E-state index contributed by atoms with van der Waals surface area (Å²) in [7, 11) is 0. The molecule has 0 bridgehead atoms. The number of likely N-dealkylation sites (tertiary alicyclic amines) is 1. The second-order valence-corrected chi connectivity index (χ2v) is 6.15. The van der Waals surface area contributed by atoms with E-state index in [4.69, 9.17) is 5.73 Å². The molecule has 1 heterocycles. The van der Waals surface area contributed by atoms with Crippen molar-refractivity contribution in [2.75, 3.05) is 19.6 Å². The van der Waals surface area contributed by atoms with E-state index in [-0.39, 0.29) is 0 Å². The van der Waals surface area contributed by atoms with Gasteiger partial charge in [0.1, 0.15) is 0 Å². The van der Waals surface area contributed by atoms with Gasteiger partial charge in [-0.25, -0.2) is 0 Å². The summed E-state index contributed by atoms with van der Waals surface area (Å²) >= 11 is 0. The van der Waals surface area contributed by atoms with Crippen LogP contribution in [0, 0.1) is 11.3 Å². The van der Waals surface area contributed by atoms with Crippen molar-refractivity contribution in [3.63, 3.8) is 0 Å². The molecule has 2 unspecified atom stereocenters. The van der Waals surface area contributed by atoms with Gasteiger partial charge in [0.25, 0.3) is 0 Å². The van der Waals surface area contributed by atoms with E-state index >= 15 is 0 Å². The Hall–Kier alpha value is -0.0800. The molecule has 2 nitrogen and oxygen atoms in total. The van der Waals surface area contributed by atoms with Crippen LogP contribution in [0.1, 0.15) is 47.0 Å². The molecule has 0 aromatic rings. The molecule has 1 aliphatic rings. The molecular weight excluding hydrogens is 184 g/mol. The highest BCUT2D eigenvalue weighted by molar-refractivity contribution is 4.78. The average molecular weight is 212 g/mol. The first-order valence-electron chi connectivity index (χ1n) is 6.39. The smallest absolute Gasteiger partial charge is 0.00483 e. The van der Waals surface area contributed by atoms with Crippen LogP contribution in [-0.2, 0) is 0 Å². The van der Waals surface area contributed by atoms with Crippen molar-refractivity contribution in [1.29, 1.82) is 0 Å². The van der Waals surface area contributed by atoms with E-state index in [0.29, 0.717) is 17.4 Å². The van der Waals surface area contributed by atoms with E-state index in [2.05, 4.69) is 32.6 Å². The fraction of sp³-hybridized carbons (Fsp3) is 1.00. The van der Waals surface area contributed by atoms with Crippen LogP contribution < -0.4 is 5.73 Å². The Balaban J connectivity index is 2.38. The number of rotatable bonds is 3. The van der Waals surface area contributed by atoms with E-state index in [1.165, 1.54) is 38.9 Å². The molecule has 0 saturated carbocycles. The van der Waals surface area contributed by atoms with Gasteiger partial charge in [0.2, 0.25) is 0 Å². The van der Waals surface area contributed by atoms with Crippen LogP contribution >= 0.6 is 0 Å². The fourth-order valence-corrected chi connectivity index (χ4v) is 2.23. The first kappa shape index (κ1) is 13.0. The molecule has 0 aliphatic carbocycles. The molecule has 1 fully saturated rings. The maximum atomic E-state index is 5.92. The molecule has 2 N–H and O–H groups in total. The lowest BCUT2D eigenvalue weighted by Gasteiger charge is -2.27. The van der Waals surface area contributed by atoms with Gasteiger partial charge in [-0.15, -0.1) is 0 Å². The summed E-state index contributed by atoms with van der Waals surface area (Å²) < 4.78 is 0. The molecule has 0 aromatic carbocycles. The fourth-order valence-electron chi connectivity index (χ4n) is 2.23. The van der Waals surface area contributed by atoms with Crippen molar-refractivity contribution >= 4 is 0 Å². The lowest BCUT2D eigenvalue weighted by Crippen LogP contribution is -2.37. The van der Waals surface area contributed by atoms with E-state index in [1.807, 2.05) is 0 Å². The molecular formula is C13H28N2. The van der Waals surface area contributed by atoms with Crippen molar-refractivity contribution in [3.8, 4) is 0 Å². The van der Waals surface area contributed by atoms with E-state index in [9.17, 15) is 0 Å². The number of nitrogens with zero attached hydrogens (tertiary/aromatic N) is 1. The second-order valence-electron chi connectivity index (χ2n) is 6.15. The van der Waals surface area contributed by atoms with Crippen LogP contribution in [0.25, 0.3) is 0 Å². The molecule has 90 valence electrons. The summed E-state index contributed by atoms with van der Waals surface area (Å²) in [5.41, 5.74) is 6.47. The summed E-state index contributed by atoms with van der Waals surface area (Å²) in [5, 5.41) is 0. The maximum absolute atomic E-state index is 5.92. The second kappa shape index (κ2) is 5.31. The topological polar surface area (TPSA) is 29.3 Å². The summed E-state index contributed by atoms with van der Waals surface area (Å²) in [4.78, 5) is 2.60. The average Bonchev–Trinajstić information content (AvgIpc) is 2.28. The Morgan fingerprint density at radius 1 is 1.20 bits per heavy atom. The lowest BCUT2D eigenvalue weighted by molar-refractivity contribution is 0.222. The Labute approximate surface area is 95.2 Å². The van der Waals surface area contributed by atoms with Crippen molar-refractivity contribution < 1.29 is 0 Å². The third-order valence-corrected chi connectivity index (χ3v) is 3.88. The predicted molar refractivity (Wildman–Crippen MR) is 66.9 cm³/mol. The van der Waals surface area contributed by atoms with Gasteiger partial charge >= 0.3 is 0 Å². The molecule has 1 saturated heterocycles. The van der Waals surface area contributed by atoms with E-state index < -0.39 is 0 Å². The zero-order chi connectivity index (χ0) is 11.5. The van der Waals surface area contributed by atoms with Crippen molar-refractivity contribution in [1.82, 2.24) is 4.90 Å². The van der Waals surface area contributed by atoms with Crippen molar-refractivity contribution in [3.05, 3.63) is 0 Å². The van der Waals surface area contributed by atoms with Crippen LogP contribution in [0.4, 0.5) is 0 Å². The predicted octanol–water partition coefficient (Wildman–Crippen LogP) is 2.48. The van der Waals surface area contributed by atoms with Crippen molar-refractivity contribution in [2.45, 2.75) is 53.0 Å². The van der Waals surface area contributed by atoms with Crippen LogP contribution in [0.15, 0.2) is 0 Å². The molecule has 2 heteroatoms. The molecule has 15 heavy (non-hydrogen) atoms. The largest absolute Gasteiger partial charge is 0.328 e. The first-order valence-corrected chi connectivity index (χ1v) is 6.39. The van der Waals surface area contributed by atoms with Crippen LogP contribution in [0.5, 0.6) is 0 Å². The van der Waals surface area contributed by atoms with Crippen molar-refractivity contribution in [2.24, 2.45) is 17.1 Å². The van der Waals surface area contributed by atoms with Gasteiger partial charge < -0.3 is 10.6 Å². The Kier molecular flexibility index (Phi) is 4.60. The zero-order valence-corrected chi connectivity index (χ0v) is 10.9. The van der Waals surface area contributed by atoms with Gasteiger partial charge in [-0.05, 0) is 50.6 Å². The molecule has 1 aliphatic heterocycles. The number of hydrogen-bond donors (Lipinski definition) is 1. The molecule has 0 aromatic heterocycles. The summed E-state index contributed by atoms with van der Waals surface area (Å²) in [6.07, 6.45) is 4.05. The number of hydrogen-bond acceptors (Lipinski definition) is 2. The minimum absolute atomic E-state index is 0.321. The maximum Gasteiger partial charge on any atom is 0.00483 e. The van der Waals surface area contributed by atoms with E-state index in [1.54, 1.807) is 0 Å². The van der Waals surface area contributed by atoms with E-state index in [0.717, 1.165) is 0 Å².